The van der Waals surface area contributed by atoms with E-state index in [2.05, 4.69) is 10.2 Å². The first-order chi connectivity index (χ1) is 7.79. The van der Waals surface area contributed by atoms with Gasteiger partial charge in [0.2, 0.25) is 5.43 Å². The molecule has 6 nitrogen and oxygen atoms in total. The summed E-state index contributed by atoms with van der Waals surface area (Å²) in [5.74, 6) is -1.23. The number of nitrogens with zero attached hydrogens (tertiary/aromatic N) is 1. The van der Waals surface area contributed by atoms with Crippen LogP contribution >= 0.6 is 0 Å². The Morgan fingerprint density at radius 1 is 1.41 bits per heavy atom. The van der Waals surface area contributed by atoms with Gasteiger partial charge in [-0.1, -0.05) is 0 Å². The molecule has 0 saturated carbocycles. The van der Waals surface area contributed by atoms with Gasteiger partial charge in [-0.15, -0.1) is 0 Å². The van der Waals surface area contributed by atoms with E-state index in [1.165, 1.54) is 6.20 Å². The van der Waals surface area contributed by atoms with E-state index in [9.17, 15) is 14.4 Å². The molecular weight excluding hydrogens is 224 g/mol. The maximum absolute atomic E-state index is 11.6. The van der Waals surface area contributed by atoms with Crippen LogP contribution in [0.3, 0.4) is 0 Å². The van der Waals surface area contributed by atoms with Crippen molar-refractivity contribution in [3.8, 4) is 0 Å². The van der Waals surface area contributed by atoms with Crippen LogP contribution in [-0.4, -0.2) is 27.6 Å². The number of hydrogen-bond donors (Lipinski definition) is 1. The fourth-order valence-electron chi connectivity index (χ4n) is 1.16. The van der Waals surface area contributed by atoms with Gasteiger partial charge in [0.05, 0.1) is 11.8 Å². The summed E-state index contributed by atoms with van der Waals surface area (Å²) in [6.45, 7) is 5.11. The number of aromatic amines is 1. The zero-order chi connectivity index (χ0) is 13.1. The van der Waals surface area contributed by atoms with Gasteiger partial charge in [0.15, 0.2) is 5.78 Å². The number of hydrogen-bond acceptors (Lipinski definition) is 5. The van der Waals surface area contributed by atoms with Crippen LogP contribution in [0.1, 0.15) is 37.6 Å². The van der Waals surface area contributed by atoms with Gasteiger partial charge in [0.1, 0.15) is 12.0 Å². The highest BCUT2D eigenvalue weighted by molar-refractivity contribution is 6.05. The number of ether oxygens (including phenoxy) is 1. The lowest BCUT2D eigenvalue weighted by atomic mass is 10.1. The maximum atomic E-state index is 11.6. The average Bonchev–Trinajstić information content (AvgIpc) is 2.14. The van der Waals surface area contributed by atoms with Crippen LogP contribution in [0.5, 0.6) is 0 Å². The first-order valence-corrected chi connectivity index (χ1v) is 5.08. The Morgan fingerprint density at radius 3 is 2.59 bits per heavy atom. The second kappa shape index (κ2) is 4.90. The first-order valence-electron chi connectivity index (χ1n) is 5.08. The van der Waals surface area contributed by atoms with Gasteiger partial charge in [-0.25, -0.2) is 0 Å². The number of carbonyl (C=O) groups excluding carboxylic acids is 2. The molecule has 1 aromatic rings. The van der Waals surface area contributed by atoms with E-state index in [0.717, 1.165) is 6.20 Å². The molecule has 1 aromatic heterocycles. The lowest BCUT2D eigenvalue weighted by molar-refractivity contribution is -0.153. The van der Waals surface area contributed by atoms with E-state index in [0.29, 0.717) is 0 Å². The topological polar surface area (TPSA) is 89.1 Å². The molecule has 6 heteroatoms. The monoisotopic (exact) mass is 238 g/mol. The van der Waals surface area contributed by atoms with Crippen molar-refractivity contribution in [3.63, 3.8) is 0 Å². The number of nitrogens with one attached hydrogen (secondary N) is 1. The summed E-state index contributed by atoms with van der Waals surface area (Å²) in [6, 6.07) is 0. The van der Waals surface area contributed by atoms with Crippen molar-refractivity contribution in [1.29, 1.82) is 0 Å². The molecule has 0 radical (unpaired) electrons. The van der Waals surface area contributed by atoms with Gasteiger partial charge < -0.3 is 4.74 Å². The van der Waals surface area contributed by atoms with E-state index in [1.807, 2.05) is 0 Å². The normalized spacial score (nSPS) is 11.0. The van der Waals surface area contributed by atoms with Crippen LogP contribution in [0.25, 0.3) is 0 Å². The van der Waals surface area contributed by atoms with E-state index < -0.39 is 29.2 Å². The van der Waals surface area contributed by atoms with Gasteiger partial charge in [-0.2, -0.15) is 5.10 Å². The van der Waals surface area contributed by atoms with Crippen LogP contribution in [0.15, 0.2) is 17.2 Å². The van der Waals surface area contributed by atoms with Crippen LogP contribution in [0.4, 0.5) is 0 Å². The molecule has 0 fully saturated rings. The van der Waals surface area contributed by atoms with E-state index >= 15 is 0 Å². The van der Waals surface area contributed by atoms with Gasteiger partial charge in [-0.05, 0) is 20.8 Å². The molecule has 1 N–H and O–H groups in total. The molecule has 92 valence electrons. The van der Waals surface area contributed by atoms with Gasteiger partial charge in [0.25, 0.3) is 0 Å². The molecule has 0 aliphatic carbocycles. The Morgan fingerprint density at radius 2 is 2.06 bits per heavy atom. The molecule has 0 bridgehead atoms. The number of esters is 1. The number of aromatic nitrogens is 2. The lowest BCUT2D eigenvalue weighted by Crippen LogP contribution is -2.26. The standard InChI is InChI=1S/C11H14N2O4/c1-11(2,3)17-10(16)4-8(14)7-5-12-13-6-9(7)15/h5-6H,4H2,1-3H3,(H,12,15). The predicted molar refractivity (Wildman–Crippen MR) is 59.7 cm³/mol. The summed E-state index contributed by atoms with van der Waals surface area (Å²) in [6.07, 6.45) is 1.71. The molecule has 0 saturated heterocycles. The largest absolute Gasteiger partial charge is 0.460 e. The summed E-state index contributed by atoms with van der Waals surface area (Å²) in [5.41, 5.74) is -1.26. The van der Waals surface area contributed by atoms with Crippen molar-refractivity contribution < 1.29 is 14.3 Å². The van der Waals surface area contributed by atoms with Crippen LogP contribution in [0, 0.1) is 0 Å². The summed E-state index contributed by atoms with van der Waals surface area (Å²) in [7, 11) is 0. The third-order valence-corrected chi connectivity index (χ3v) is 1.76. The third-order valence-electron chi connectivity index (χ3n) is 1.76. The fourth-order valence-corrected chi connectivity index (χ4v) is 1.16. The highest BCUT2D eigenvalue weighted by Crippen LogP contribution is 2.09. The highest BCUT2D eigenvalue weighted by Gasteiger charge is 2.20. The van der Waals surface area contributed by atoms with Crippen molar-refractivity contribution in [2.75, 3.05) is 0 Å². The van der Waals surface area contributed by atoms with Gasteiger partial charge >= 0.3 is 5.97 Å². The van der Waals surface area contributed by atoms with Gasteiger partial charge in [-0.3, -0.25) is 19.5 Å². The minimum Gasteiger partial charge on any atom is -0.460 e. The number of rotatable bonds is 3. The van der Waals surface area contributed by atoms with Crippen molar-refractivity contribution in [3.05, 3.63) is 28.2 Å². The van der Waals surface area contributed by atoms with Crippen molar-refractivity contribution in [2.24, 2.45) is 0 Å². The third kappa shape index (κ3) is 4.18. The SMILES string of the molecule is CC(C)(C)OC(=O)CC(=O)c1c[nH]ncc1=O. The second-order valence-electron chi connectivity index (χ2n) is 4.50. The Kier molecular flexibility index (Phi) is 3.77. The van der Waals surface area contributed by atoms with E-state index in [4.69, 9.17) is 4.74 Å². The second-order valence-corrected chi connectivity index (χ2v) is 4.50. The molecule has 17 heavy (non-hydrogen) atoms. The van der Waals surface area contributed by atoms with E-state index in [-0.39, 0.29) is 5.56 Å². The Labute approximate surface area is 98.0 Å². The first kappa shape index (κ1) is 13.1. The number of ketones is 1. The van der Waals surface area contributed by atoms with Crippen molar-refractivity contribution in [1.82, 2.24) is 10.2 Å². The van der Waals surface area contributed by atoms with Crippen LogP contribution < -0.4 is 5.43 Å². The van der Waals surface area contributed by atoms with Gasteiger partial charge in [0, 0.05) is 6.20 Å². The summed E-state index contributed by atoms with van der Waals surface area (Å²) in [4.78, 5) is 34.3. The summed E-state index contributed by atoms with van der Waals surface area (Å²) >= 11 is 0. The highest BCUT2D eigenvalue weighted by atomic mass is 16.6. The Hall–Kier alpha value is -1.98. The summed E-state index contributed by atoms with van der Waals surface area (Å²) < 4.78 is 4.98. The molecule has 1 heterocycles. The van der Waals surface area contributed by atoms with Crippen LogP contribution in [0.2, 0.25) is 0 Å². The number of Topliss-reactive ketones (excluding diaryl/α,β-unsaturated/α-hetero) is 1. The molecular formula is C11H14N2O4. The van der Waals surface area contributed by atoms with E-state index in [1.54, 1.807) is 20.8 Å². The maximum Gasteiger partial charge on any atom is 0.314 e. The zero-order valence-corrected chi connectivity index (χ0v) is 9.94. The molecule has 0 spiro atoms. The molecule has 0 amide bonds. The molecule has 0 unspecified atom stereocenters. The molecule has 0 aromatic carbocycles. The molecule has 1 rings (SSSR count). The predicted octanol–water partition coefficient (Wildman–Crippen LogP) is 0.684. The summed E-state index contributed by atoms with van der Waals surface area (Å²) in [5, 5.41) is 5.84. The zero-order valence-electron chi connectivity index (χ0n) is 9.94. The fraction of sp³-hybridized carbons (Fsp3) is 0.455. The smallest absolute Gasteiger partial charge is 0.314 e. The Bertz CT molecular complexity index is 485. The number of carbonyl (C=O) groups is 2. The average molecular weight is 238 g/mol. The molecule has 0 aliphatic rings. The lowest BCUT2D eigenvalue weighted by Gasteiger charge is -2.19. The van der Waals surface area contributed by atoms with Crippen LogP contribution in [-0.2, 0) is 9.53 Å². The molecule has 0 atom stereocenters. The molecule has 0 aliphatic heterocycles. The number of H-pyrrole nitrogens is 1. The van der Waals surface area contributed by atoms with Crippen molar-refractivity contribution >= 4 is 11.8 Å². The van der Waals surface area contributed by atoms with Crippen molar-refractivity contribution in [2.45, 2.75) is 32.8 Å². The minimum absolute atomic E-state index is 0.0918. The minimum atomic E-state index is -0.654. The quantitative estimate of drug-likeness (QED) is 0.475. The Balaban J connectivity index is 2.71.